The van der Waals surface area contributed by atoms with Gasteiger partial charge in [-0.15, -0.1) is 0 Å². The predicted molar refractivity (Wildman–Crippen MR) is 133 cm³/mol. The van der Waals surface area contributed by atoms with E-state index in [1.807, 2.05) is 0 Å². The highest BCUT2D eigenvalue weighted by Crippen LogP contribution is 2.32. The van der Waals surface area contributed by atoms with E-state index >= 15 is 0 Å². The number of aliphatic hydroxyl groups is 4. The Bertz CT molecular complexity index is 1250. The lowest BCUT2D eigenvalue weighted by atomic mass is 9.88. The first-order valence-electron chi connectivity index (χ1n) is 12.6. The Morgan fingerprint density at radius 2 is 1.75 bits per heavy atom. The van der Waals surface area contributed by atoms with Gasteiger partial charge in [0.1, 0.15) is 36.6 Å². The minimum atomic E-state index is -1.73. The third-order valence-corrected chi connectivity index (χ3v) is 7.01. The maximum atomic E-state index is 13.2. The second kappa shape index (κ2) is 12.7. The fourth-order valence-corrected chi connectivity index (χ4v) is 4.80. The van der Waals surface area contributed by atoms with Crippen LogP contribution in [-0.2, 0) is 39.9 Å². The summed E-state index contributed by atoms with van der Waals surface area (Å²) >= 11 is 0. The van der Waals surface area contributed by atoms with Gasteiger partial charge < -0.3 is 53.8 Å². The lowest BCUT2D eigenvalue weighted by molar-refractivity contribution is -0.335. The number of methoxy groups -OCH3 is 1. The molecule has 0 spiro atoms. The van der Waals surface area contributed by atoms with E-state index in [9.17, 15) is 34.8 Å². The molecule has 40 heavy (non-hydrogen) atoms. The first-order valence-corrected chi connectivity index (χ1v) is 12.6. The van der Waals surface area contributed by atoms with Gasteiger partial charge in [-0.1, -0.05) is 19.1 Å². The number of ether oxygens (including phenoxy) is 5. The van der Waals surface area contributed by atoms with Crippen molar-refractivity contribution in [3.63, 3.8) is 0 Å². The first-order chi connectivity index (χ1) is 19.0. The number of fused-ring (bicyclic) bond motifs is 1. The molecule has 1 aromatic carbocycles. The van der Waals surface area contributed by atoms with Gasteiger partial charge in [-0.05, 0) is 17.7 Å². The molecule has 2 aliphatic heterocycles. The largest absolute Gasteiger partial charge is 0.459 e. The van der Waals surface area contributed by atoms with Crippen LogP contribution in [0.25, 0.3) is 11.0 Å². The van der Waals surface area contributed by atoms with Gasteiger partial charge in [0, 0.05) is 31.4 Å². The minimum absolute atomic E-state index is 0.263. The third-order valence-electron chi connectivity index (χ3n) is 7.01. The van der Waals surface area contributed by atoms with E-state index in [1.165, 1.54) is 26.2 Å². The normalized spacial score (nSPS) is 34.4. The van der Waals surface area contributed by atoms with Crippen LogP contribution < -0.4 is 10.9 Å². The number of carbonyl (C=O) groups is 2. The van der Waals surface area contributed by atoms with Crippen molar-refractivity contribution in [2.75, 3.05) is 13.7 Å². The zero-order chi connectivity index (χ0) is 29.1. The molecule has 3 heterocycles. The summed E-state index contributed by atoms with van der Waals surface area (Å²) in [5.74, 6) is -2.12. The van der Waals surface area contributed by atoms with E-state index in [0.717, 1.165) is 0 Å². The lowest BCUT2D eigenvalue weighted by Crippen LogP contribution is -2.66. The minimum Gasteiger partial charge on any atom is -0.459 e. The monoisotopic (exact) mass is 567 g/mol. The highest BCUT2D eigenvalue weighted by atomic mass is 16.7. The quantitative estimate of drug-likeness (QED) is 0.183. The smallest absolute Gasteiger partial charge is 0.338 e. The fourth-order valence-electron chi connectivity index (χ4n) is 4.80. The SMILES string of the molecule is COC1O[C@@H](C(=O)OCc2ccc3ccc(=O)oc3c2)[C@@H](OC2OC(CO)C(O)[C@H](C)[C@@H]2NC(C)=O)C(O)C1O. The second-order valence-electron chi connectivity index (χ2n) is 9.78. The van der Waals surface area contributed by atoms with E-state index in [-0.39, 0.29) is 6.61 Å². The Hall–Kier alpha value is -2.95. The van der Waals surface area contributed by atoms with Crippen LogP contribution in [0.1, 0.15) is 19.4 Å². The first kappa shape index (κ1) is 30.0. The van der Waals surface area contributed by atoms with E-state index in [0.29, 0.717) is 16.5 Å². The summed E-state index contributed by atoms with van der Waals surface area (Å²) in [6.45, 7) is 2.01. The van der Waals surface area contributed by atoms with E-state index in [4.69, 9.17) is 28.1 Å². The molecule has 14 heteroatoms. The van der Waals surface area contributed by atoms with Crippen LogP contribution in [0.5, 0.6) is 0 Å². The van der Waals surface area contributed by atoms with Gasteiger partial charge in [-0.25, -0.2) is 9.59 Å². The van der Waals surface area contributed by atoms with E-state index in [1.54, 1.807) is 25.1 Å². The summed E-state index contributed by atoms with van der Waals surface area (Å²) < 4.78 is 32.8. The van der Waals surface area contributed by atoms with Crippen molar-refractivity contribution in [3.8, 4) is 0 Å². The van der Waals surface area contributed by atoms with Gasteiger partial charge in [0.25, 0.3) is 0 Å². The fraction of sp³-hybridized carbons (Fsp3) is 0.577. The predicted octanol–water partition coefficient (Wildman–Crippen LogP) is -1.47. The number of esters is 1. The van der Waals surface area contributed by atoms with Crippen molar-refractivity contribution in [2.24, 2.45) is 5.92 Å². The second-order valence-corrected chi connectivity index (χ2v) is 9.78. The molecule has 220 valence electrons. The molecule has 4 rings (SSSR count). The molecule has 1 aromatic heterocycles. The van der Waals surface area contributed by atoms with Crippen LogP contribution >= 0.6 is 0 Å². The van der Waals surface area contributed by atoms with Gasteiger partial charge >= 0.3 is 11.6 Å². The molecule has 10 atom stereocenters. The Kier molecular flexibility index (Phi) is 9.53. The number of rotatable bonds is 8. The standard InChI is InChI=1S/C26H33NO13/c1-11-18(27-12(2)29)25(38-16(9-28)19(11)31)39-22-20(32)21(33)26(35-3)40-23(22)24(34)36-10-13-4-5-14-6-7-17(30)37-15(14)8-13/h4-8,11,16,18-23,25-26,28,31-33H,9-10H2,1-3H3,(H,27,29)/t11-,16?,18+,19?,20?,21?,22+,23-,25?,26?/m1/s1. The highest BCUT2D eigenvalue weighted by molar-refractivity contribution is 5.78. The van der Waals surface area contributed by atoms with Gasteiger partial charge in [-0.3, -0.25) is 4.79 Å². The van der Waals surface area contributed by atoms with Crippen molar-refractivity contribution >= 4 is 22.8 Å². The summed E-state index contributed by atoms with van der Waals surface area (Å²) in [5, 5.41) is 44.9. The van der Waals surface area contributed by atoms with Crippen LogP contribution in [0, 0.1) is 5.92 Å². The molecule has 0 bridgehead atoms. The average molecular weight is 568 g/mol. The van der Waals surface area contributed by atoms with Gasteiger partial charge in [0.2, 0.25) is 5.91 Å². The van der Waals surface area contributed by atoms with Crippen LogP contribution in [0.3, 0.4) is 0 Å². The molecule has 1 amide bonds. The molecular weight excluding hydrogens is 534 g/mol. The number of aliphatic hydroxyl groups excluding tert-OH is 4. The summed E-state index contributed by atoms with van der Waals surface area (Å²) in [4.78, 5) is 36.6. The number of benzene rings is 1. The number of hydrogen-bond acceptors (Lipinski definition) is 13. The Morgan fingerprint density at radius 1 is 1.02 bits per heavy atom. The molecule has 14 nitrogen and oxygen atoms in total. The third kappa shape index (κ3) is 6.34. The number of carbonyl (C=O) groups excluding carboxylic acids is 2. The Labute approximate surface area is 228 Å². The van der Waals surface area contributed by atoms with Crippen LogP contribution in [-0.4, -0.2) is 101 Å². The lowest BCUT2D eigenvalue weighted by Gasteiger charge is -2.47. The molecule has 2 fully saturated rings. The highest BCUT2D eigenvalue weighted by Gasteiger charge is 2.53. The van der Waals surface area contributed by atoms with Crippen molar-refractivity contribution < 1.29 is 58.1 Å². The summed E-state index contributed by atoms with van der Waals surface area (Å²) in [5.41, 5.74) is 0.243. The van der Waals surface area contributed by atoms with Crippen LogP contribution in [0.15, 0.2) is 39.5 Å². The molecule has 2 aliphatic rings. The Morgan fingerprint density at radius 3 is 2.42 bits per heavy atom. The Balaban J connectivity index is 1.56. The van der Waals surface area contributed by atoms with E-state index < -0.39 is 85.3 Å². The van der Waals surface area contributed by atoms with Gasteiger partial charge in [0.05, 0.1) is 18.8 Å². The maximum Gasteiger partial charge on any atom is 0.338 e. The molecule has 2 saturated heterocycles. The molecule has 5 N–H and O–H groups in total. The average Bonchev–Trinajstić information content (AvgIpc) is 2.93. The van der Waals surface area contributed by atoms with E-state index in [2.05, 4.69) is 5.32 Å². The summed E-state index contributed by atoms with van der Waals surface area (Å²) in [7, 11) is 1.21. The van der Waals surface area contributed by atoms with Crippen molar-refractivity contribution in [1.82, 2.24) is 5.32 Å². The van der Waals surface area contributed by atoms with Crippen molar-refractivity contribution in [3.05, 3.63) is 46.3 Å². The molecule has 2 aromatic rings. The summed E-state index contributed by atoms with van der Waals surface area (Å²) in [6, 6.07) is 6.80. The van der Waals surface area contributed by atoms with Crippen molar-refractivity contribution in [2.45, 2.75) is 75.7 Å². The maximum absolute atomic E-state index is 13.2. The number of amides is 1. The van der Waals surface area contributed by atoms with Crippen LogP contribution in [0.2, 0.25) is 0 Å². The van der Waals surface area contributed by atoms with Gasteiger partial charge in [0.15, 0.2) is 18.7 Å². The van der Waals surface area contributed by atoms with Crippen LogP contribution in [0.4, 0.5) is 0 Å². The zero-order valence-corrected chi connectivity index (χ0v) is 22.0. The number of nitrogens with one attached hydrogen (secondary N) is 1. The molecular formula is C26H33NO13. The zero-order valence-electron chi connectivity index (χ0n) is 22.0. The van der Waals surface area contributed by atoms with Crippen molar-refractivity contribution in [1.29, 1.82) is 0 Å². The number of hydrogen-bond donors (Lipinski definition) is 5. The summed E-state index contributed by atoms with van der Waals surface area (Å²) in [6.07, 6.45) is -11.6. The van der Waals surface area contributed by atoms with Gasteiger partial charge in [-0.2, -0.15) is 0 Å². The molecule has 0 aliphatic carbocycles. The molecule has 0 saturated carbocycles. The topological polar surface area (TPSA) is 203 Å². The molecule has 0 radical (unpaired) electrons. The molecule has 6 unspecified atom stereocenters.